The van der Waals surface area contributed by atoms with Gasteiger partial charge in [-0.15, -0.1) is 0 Å². The summed E-state index contributed by atoms with van der Waals surface area (Å²) in [5.74, 6) is 0. The molecule has 0 aliphatic heterocycles. The average molecular weight is 240 g/mol. The van der Waals surface area contributed by atoms with Crippen LogP contribution >= 0.6 is 0 Å². The molecule has 0 unspecified atom stereocenters. The van der Waals surface area contributed by atoms with E-state index in [1.165, 1.54) is 33.4 Å². The van der Waals surface area contributed by atoms with Crippen LogP contribution in [0, 0.1) is 27.7 Å². The molecule has 0 spiro atoms. The Kier molecular flexibility index (Phi) is 3.39. The Morgan fingerprint density at radius 2 is 1.59 bits per heavy atom. The summed E-state index contributed by atoms with van der Waals surface area (Å²) in [6, 6.07) is 0. The lowest BCUT2D eigenvalue weighted by Gasteiger charge is -2.21. The standard InChI is InChI=1S/C16H20Si/c1-10-11(2)13(4)16(17-5)15(12(10)3)14-8-6-7-9-14/h6-8H,9H2,1-5H3. The first kappa shape index (κ1) is 12.4. The molecule has 1 heteroatoms. The van der Waals surface area contributed by atoms with Crippen molar-refractivity contribution in [2.45, 2.75) is 40.7 Å². The summed E-state index contributed by atoms with van der Waals surface area (Å²) in [6.45, 7) is 11.4. The monoisotopic (exact) mass is 240 g/mol. The van der Waals surface area contributed by atoms with Crippen molar-refractivity contribution in [3.8, 4) is 0 Å². The Morgan fingerprint density at radius 3 is 2.12 bits per heavy atom. The summed E-state index contributed by atoms with van der Waals surface area (Å²) in [4.78, 5) is 0. The van der Waals surface area contributed by atoms with Crippen LogP contribution in [0.3, 0.4) is 0 Å². The summed E-state index contributed by atoms with van der Waals surface area (Å²) >= 11 is 0. The van der Waals surface area contributed by atoms with Gasteiger partial charge in [-0.05, 0) is 67.5 Å². The molecule has 88 valence electrons. The first-order valence-corrected chi connectivity index (χ1v) is 7.72. The average Bonchev–Trinajstić information content (AvgIpc) is 2.84. The molecule has 1 aliphatic rings. The molecule has 0 aromatic heterocycles. The Labute approximate surface area is 107 Å². The van der Waals surface area contributed by atoms with Gasteiger partial charge in [-0.3, -0.25) is 0 Å². The van der Waals surface area contributed by atoms with Crippen LogP contribution in [0.5, 0.6) is 0 Å². The second kappa shape index (κ2) is 4.65. The normalized spacial score (nSPS) is 14.3. The van der Waals surface area contributed by atoms with Crippen molar-refractivity contribution in [3.05, 3.63) is 46.0 Å². The molecule has 0 amide bonds. The molecule has 0 saturated heterocycles. The van der Waals surface area contributed by atoms with Crippen molar-refractivity contribution in [1.29, 1.82) is 0 Å². The molecule has 2 rings (SSSR count). The lowest BCUT2D eigenvalue weighted by Crippen LogP contribution is -2.23. The van der Waals surface area contributed by atoms with Gasteiger partial charge in [0.15, 0.2) is 0 Å². The van der Waals surface area contributed by atoms with Gasteiger partial charge < -0.3 is 0 Å². The van der Waals surface area contributed by atoms with Crippen LogP contribution in [0.15, 0.2) is 18.2 Å². The molecule has 2 radical (unpaired) electrons. The minimum absolute atomic E-state index is 0.875. The first-order chi connectivity index (χ1) is 8.07. The Bertz CT molecular complexity index is 519. The van der Waals surface area contributed by atoms with Crippen molar-refractivity contribution in [2.24, 2.45) is 0 Å². The second-order valence-electron chi connectivity index (χ2n) is 4.82. The van der Waals surface area contributed by atoms with Gasteiger partial charge in [-0.1, -0.05) is 30.0 Å². The van der Waals surface area contributed by atoms with Crippen LogP contribution in [-0.2, 0) is 0 Å². The van der Waals surface area contributed by atoms with Gasteiger partial charge in [0, 0.05) is 0 Å². The zero-order chi connectivity index (χ0) is 12.6. The molecule has 0 atom stereocenters. The first-order valence-electron chi connectivity index (χ1n) is 6.22. The minimum Gasteiger partial charge on any atom is -0.0801 e. The highest BCUT2D eigenvalue weighted by Crippen LogP contribution is 2.29. The maximum absolute atomic E-state index is 2.29. The van der Waals surface area contributed by atoms with E-state index in [4.69, 9.17) is 0 Å². The van der Waals surface area contributed by atoms with E-state index in [1.54, 1.807) is 5.19 Å². The fraction of sp³-hybridized carbons (Fsp3) is 0.375. The predicted octanol–water partition coefficient (Wildman–Crippen LogP) is 3.64. The van der Waals surface area contributed by atoms with E-state index < -0.39 is 0 Å². The highest BCUT2D eigenvalue weighted by molar-refractivity contribution is 6.54. The SMILES string of the molecule is C[Si]c1c(C)c(C)c(C)c(C)c1C1=CC=CC1. The molecule has 1 aromatic rings. The molecule has 0 saturated carbocycles. The molecule has 1 aliphatic carbocycles. The number of hydrogen-bond acceptors (Lipinski definition) is 0. The lowest BCUT2D eigenvalue weighted by atomic mass is 9.90. The van der Waals surface area contributed by atoms with Gasteiger partial charge in [0.25, 0.3) is 0 Å². The van der Waals surface area contributed by atoms with E-state index in [1.807, 2.05) is 0 Å². The summed E-state index contributed by atoms with van der Waals surface area (Å²) in [5, 5.41) is 1.57. The molecule has 0 bridgehead atoms. The highest BCUT2D eigenvalue weighted by Gasteiger charge is 2.17. The van der Waals surface area contributed by atoms with E-state index in [9.17, 15) is 0 Å². The highest BCUT2D eigenvalue weighted by atomic mass is 28.2. The van der Waals surface area contributed by atoms with Gasteiger partial charge in [0.05, 0.1) is 9.52 Å². The molecule has 0 N–H and O–H groups in total. The zero-order valence-electron chi connectivity index (χ0n) is 11.4. The van der Waals surface area contributed by atoms with E-state index in [0.29, 0.717) is 0 Å². The molecule has 1 aromatic carbocycles. The van der Waals surface area contributed by atoms with Crippen LogP contribution in [0.2, 0.25) is 6.55 Å². The smallest absolute Gasteiger partial charge is 0.0785 e. The van der Waals surface area contributed by atoms with Crippen LogP contribution in [-0.4, -0.2) is 9.52 Å². The van der Waals surface area contributed by atoms with Crippen LogP contribution in [0.25, 0.3) is 5.57 Å². The summed E-state index contributed by atoms with van der Waals surface area (Å²) < 4.78 is 0. The summed E-state index contributed by atoms with van der Waals surface area (Å²) in [5.41, 5.74) is 8.94. The number of benzene rings is 1. The quantitative estimate of drug-likeness (QED) is 0.692. The zero-order valence-corrected chi connectivity index (χ0v) is 12.4. The largest absolute Gasteiger partial charge is 0.0801 e. The number of hydrogen-bond donors (Lipinski definition) is 0. The van der Waals surface area contributed by atoms with Crippen molar-refractivity contribution >= 4 is 20.3 Å². The fourth-order valence-corrected chi connectivity index (χ4v) is 3.82. The molecule has 17 heavy (non-hydrogen) atoms. The topological polar surface area (TPSA) is 0 Å². The number of rotatable bonds is 2. The minimum atomic E-state index is 0.875. The summed E-state index contributed by atoms with van der Waals surface area (Å²) in [7, 11) is 0.875. The Hall–Kier alpha value is -1.08. The third kappa shape index (κ3) is 1.93. The van der Waals surface area contributed by atoms with Crippen LogP contribution in [0.1, 0.15) is 34.2 Å². The van der Waals surface area contributed by atoms with Gasteiger partial charge in [0.1, 0.15) is 0 Å². The van der Waals surface area contributed by atoms with Gasteiger partial charge in [0.2, 0.25) is 0 Å². The number of allylic oxidation sites excluding steroid dienone is 4. The van der Waals surface area contributed by atoms with Crippen molar-refractivity contribution in [1.82, 2.24) is 0 Å². The third-order valence-electron chi connectivity index (χ3n) is 4.03. The second-order valence-corrected chi connectivity index (χ2v) is 5.82. The van der Waals surface area contributed by atoms with E-state index in [2.05, 4.69) is 52.5 Å². The Morgan fingerprint density at radius 1 is 0.941 bits per heavy atom. The van der Waals surface area contributed by atoms with Gasteiger partial charge in [-0.25, -0.2) is 0 Å². The maximum atomic E-state index is 2.29. The van der Waals surface area contributed by atoms with E-state index in [0.717, 1.165) is 15.9 Å². The Balaban J connectivity index is 2.72. The van der Waals surface area contributed by atoms with E-state index >= 15 is 0 Å². The van der Waals surface area contributed by atoms with Crippen molar-refractivity contribution in [2.75, 3.05) is 0 Å². The molecule has 0 fully saturated rings. The molecular formula is C16H20Si. The fourth-order valence-electron chi connectivity index (χ4n) is 2.66. The van der Waals surface area contributed by atoms with E-state index in [-0.39, 0.29) is 0 Å². The summed E-state index contributed by atoms with van der Waals surface area (Å²) in [6.07, 6.45) is 7.81. The maximum Gasteiger partial charge on any atom is 0.0785 e. The molecular weight excluding hydrogens is 220 g/mol. The van der Waals surface area contributed by atoms with Crippen LogP contribution < -0.4 is 5.19 Å². The van der Waals surface area contributed by atoms with Crippen LogP contribution in [0.4, 0.5) is 0 Å². The van der Waals surface area contributed by atoms with Gasteiger partial charge >= 0.3 is 0 Å². The molecule has 0 nitrogen and oxygen atoms in total. The van der Waals surface area contributed by atoms with Gasteiger partial charge in [-0.2, -0.15) is 0 Å². The van der Waals surface area contributed by atoms with Crippen molar-refractivity contribution < 1.29 is 0 Å². The third-order valence-corrected chi connectivity index (χ3v) is 5.15. The lowest BCUT2D eigenvalue weighted by molar-refractivity contribution is 1.21. The predicted molar refractivity (Wildman–Crippen MR) is 78.4 cm³/mol. The van der Waals surface area contributed by atoms with Crippen molar-refractivity contribution in [3.63, 3.8) is 0 Å². The molecule has 0 heterocycles.